The first kappa shape index (κ1) is 20.2. The molecule has 2 aromatic carbocycles. The number of nitrogens with one attached hydrogen (secondary N) is 1. The van der Waals surface area contributed by atoms with Crippen molar-refractivity contribution in [1.82, 2.24) is 9.80 Å². The SMILES string of the molecule is O=C1CCCC2=C1N(C(=O)Nc1ccccc1F)C1C(Cc3ccccc3)C=CC=CN21. The van der Waals surface area contributed by atoms with Crippen LogP contribution in [-0.2, 0) is 11.2 Å². The molecule has 0 radical (unpaired) electrons. The summed E-state index contributed by atoms with van der Waals surface area (Å²) in [5.41, 5.74) is 2.55. The maximum atomic E-state index is 14.3. The molecule has 2 heterocycles. The van der Waals surface area contributed by atoms with Gasteiger partial charge in [-0.05, 0) is 43.0 Å². The van der Waals surface area contributed by atoms with Crippen molar-refractivity contribution in [3.63, 3.8) is 0 Å². The molecule has 6 heteroatoms. The van der Waals surface area contributed by atoms with Gasteiger partial charge in [0.05, 0.1) is 5.69 Å². The molecule has 0 saturated carbocycles. The number of allylic oxidation sites excluding steroid dienone is 4. The van der Waals surface area contributed by atoms with Gasteiger partial charge in [-0.15, -0.1) is 0 Å². The summed E-state index contributed by atoms with van der Waals surface area (Å²) >= 11 is 0. The van der Waals surface area contributed by atoms with Crippen LogP contribution in [0.3, 0.4) is 0 Å². The van der Waals surface area contributed by atoms with Crippen molar-refractivity contribution in [2.75, 3.05) is 5.32 Å². The molecule has 2 aliphatic heterocycles. The number of benzene rings is 2. The minimum atomic E-state index is -0.512. The van der Waals surface area contributed by atoms with E-state index in [0.717, 1.165) is 24.1 Å². The summed E-state index contributed by atoms with van der Waals surface area (Å²) in [4.78, 5) is 30.1. The van der Waals surface area contributed by atoms with E-state index in [1.165, 1.54) is 12.1 Å². The number of fused-ring (bicyclic) bond motifs is 2. The topological polar surface area (TPSA) is 52.7 Å². The van der Waals surface area contributed by atoms with Gasteiger partial charge in [0.1, 0.15) is 17.7 Å². The average Bonchev–Trinajstić information content (AvgIpc) is 3.00. The summed E-state index contributed by atoms with van der Waals surface area (Å²) in [6.07, 6.45) is 10.2. The standard InChI is InChI=1S/C26H24FN3O2/c27-20-12-4-5-13-21(20)28-26(32)30-24-22(14-8-15-23(24)31)29-16-7-6-11-19(25(29)30)17-18-9-2-1-3-10-18/h1-7,9-13,16,19,25H,8,14-15,17H2,(H,28,32). The largest absolute Gasteiger partial charge is 0.328 e. The molecular formula is C26H24FN3O2. The van der Waals surface area contributed by atoms with E-state index < -0.39 is 18.0 Å². The number of amides is 2. The van der Waals surface area contributed by atoms with E-state index in [0.29, 0.717) is 18.5 Å². The molecule has 0 spiro atoms. The smallest absolute Gasteiger partial charge is 0.327 e. The zero-order valence-corrected chi connectivity index (χ0v) is 17.6. The Balaban J connectivity index is 1.54. The molecule has 0 saturated heterocycles. The summed E-state index contributed by atoms with van der Waals surface area (Å²) in [5, 5.41) is 2.69. The summed E-state index contributed by atoms with van der Waals surface area (Å²) < 4.78 is 14.3. The van der Waals surface area contributed by atoms with E-state index in [-0.39, 0.29) is 17.4 Å². The normalized spacial score (nSPS) is 22.0. The highest BCUT2D eigenvalue weighted by atomic mass is 19.1. The third-order valence-electron chi connectivity index (χ3n) is 6.20. The molecule has 5 rings (SSSR count). The van der Waals surface area contributed by atoms with Crippen LogP contribution < -0.4 is 5.32 Å². The van der Waals surface area contributed by atoms with Gasteiger partial charge in [-0.2, -0.15) is 0 Å². The van der Waals surface area contributed by atoms with E-state index in [4.69, 9.17) is 0 Å². The molecule has 2 amide bonds. The van der Waals surface area contributed by atoms with Crippen molar-refractivity contribution in [3.8, 4) is 0 Å². The molecule has 0 bridgehead atoms. The molecular weight excluding hydrogens is 405 g/mol. The van der Waals surface area contributed by atoms with E-state index in [1.54, 1.807) is 17.0 Å². The Morgan fingerprint density at radius 3 is 2.62 bits per heavy atom. The number of carbonyl (C=O) groups is 2. The Bertz CT molecular complexity index is 1140. The van der Waals surface area contributed by atoms with Crippen molar-refractivity contribution < 1.29 is 14.0 Å². The first-order valence-electron chi connectivity index (χ1n) is 10.9. The minimum Gasteiger partial charge on any atom is -0.327 e. The maximum Gasteiger partial charge on any atom is 0.328 e. The number of rotatable bonds is 3. The van der Waals surface area contributed by atoms with Crippen LogP contribution in [0.25, 0.3) is 0 Å². The van der Waals surface area contributed by atoms with Gasteiger partial charge in [0.25, 0.3) is 0 Å². The highest BCUT2D eigenvalue weighted by molar-refractivity contribution is 6.03. The molecule has 2 atom stereocenters. The van der Waals surface area contributed by atoms with E-state index in [2.05, 4.69) is 28.4 Å². The molecule has 2 unspecified atom stereocenters. The fraction of sp³-hybridized carbons (Fsp3) is 0.231. The van der Waals surface area contributed by atoms with Crippen LogP contribution in [0, 0.1) is 11.7 Å². The van der Waals surface area contributed by atoms with Crippen LogP contribution in [0.2, 0.25) is 0 Å². The molecule has 5 nitrogen and oxygen atoms in total. The van der Waals surface area contributed by atoms with Crippen LogP contribution in [-0.4, -0.2) is 27.8 Å². The Morgan fingerprint density at radius 2 is 1.81 bits per heavy atom. The van der Waals surface area contributed by atoms with Gasteiger partial charge in [0, 0.05) is 24.2 Å². The third-order valence-corrected chi connectivity index (χ3v) is 6.20. The highest BCUT2D eigenvalue weighted by Gasteiger charge is 2.47. The lowest BCUT2D eigenvalue weighted by Gasteiger charge is -2.35. The predicted molar refractivity (Wildman–Crippen MR) is 121 cm³/mol. The maximum absolute atomic E-state index is 14.3. The summed E-state index contributed by atoms with van der Waals surface area (Å²) in [6.45, 7) is 0. The Morgan fingerprint density at radius 1 is 1.03 bits per heavy atom. The van der Waals surface area contributed by atoms with Gasteiger partial charge in [-0.3, -0.25) is 9.69 Å². The van der Waals surface area contributed by atoms with Gasteiger partial charge < -0.3 is 10.2 Å². The molecule has 2 aromatic rings. The zero-order chi connectivity index (χ0) is 22.1. The van der Waals surface area contributed by atoms with Gasteiger partial charge in [-0.25, -0.2) is 9.18 Å². The van der Waals surface area contributed by atoms with Crippen molar-refractivity contribution in [2.24, 2.45) is 5.92 Å². The van der Waals surface area contributed by atoms with Crippen LogP contribution in [0.15, 0.2) is 90.4 Å². The average molecular weight is 429 g/mol. The first-order valence-corrected chi connectivity index (χ1v) is 10.9. The van der Waals surface area contributed by atoms with Crippen molar-refractivity contribution >= 4 is 17.5 Å². The monoisotopic (exact) mass is 429 g/mol. The lowest BCUT2D eigenvalue weighted by molar-refractivity contribution is -0.117. The number of nitrogens with zero attached hydrogens (tertiary/aromatic N) is 2. The molecule has 0 aromatic heterocycles. The molecule has 162 valence electrons. The van der Waals surface area contributed by atoms with Gasteiger partial charge >= 0.3 is 6.03 Å². The predicted octanol–water partition coefficient (Wildman–Crippen LogP) is 5.21. The summed E-state index contributed by atoms with van der Waals surface area (Å²) in [6, 6.07) is 15.7. The fourth-order valence-electron chi connectivity index (χ4n) is 4.80. The molecule has 1 N–H and O–H groups in total. The lowest BCUT2D eigenvalue weighted by Crippen LogP contribution is -2.49. The number of urea groups is 1. The van der Waals surface area contributed by atoms with E-state index in [9.17, 15) is 14.0 Å². The van der Waals surface area contributed by atoms with Crippen LogP contribution in [0.5, 0.6) is 0 Å². The number of anilines is 1. The van der Waals surface area contributed by atoms with Crippen molar-refractivity contribution in [3.05, 3.63) is 102 Å². The Kier molecular flexibility index (Phi) is 5.35. The van der Waals surface area contributed by atoms with Crippen LogP contribution >= 0.6 is 0 Å². The fourth-order valence-corrected chi connectivity index (χ4v) is 4.80. The van der Waals surface area contributed by atoms with Crippen molar-refractivity contribution in [2.45, 2.75) is 31.8 Å². The molecule has 1 aliphatic carbocycles. The number of carbonyl (C=O) groups excluding carboxylic acids is 2. The number of Topliss-reactive ketones (excluding diaryl/α,β-unsaturated/α-hetero) is 1. The molecule has 32 heavy (non-hydrogen) atoms. The molecule has 0 fully saturated rings. The van der Waals surface area contributed by atoms with Gasteiger partial charge in [0.2, 0.25) is 0 Å². The van der Waals surface area contributed by atoms with Gasteiger partial charge in [0.15, 0.2) is 5.78 Å². The highest BCUT2D eigenvalue weighted by Crippen LogP contribution is 2.42. The first-order chi connectivity index (χ1) is 15.6. The Hall–Kier alpha value is -3.67. The zero-order valence-electron chi connectivity index (χ0n) is 17.6. The molecule has 3 aliphatic rings. The third kappa shape index (κ3) is 3.62. The van der Waals surface area contributed by atoms with E-state index in [1.807, 2.05) is 36.6 Å². The second kappa shape index (κ2) is 8.46. The lowest BCUT2D eigenvalue weighted by atomic mass is 9.95. The van der Waals surface area contributed by atoms with Crippen molar-refractivity contribution in [1.29, 1.82) is 0 Å². The number of hydrogen-bond donors (Lipinski definition) is 1. The Labute approximate surface area is 186 Å². The quantitative estimate of drug-likeness (QED) is 0.729. The second-order valence-electron chi connectivity index (χ2n) is 8.25. The van der Waals surface area contributed by atoms with Crippen LogP contribution in [0.1, 0.15) is 24.8 Å². The van der Waals surface area contributed by atoms with Gasteiger partial charge in [-0.1, -0.05) is 54.6 Å². The number of hydrogen-bond acceptors (Lipinski definition) is 3. The number of halogens is 1. The minimum absolute atomic E-state index is 0.0427. The summed E-state index contributed by atoms with van der Waals surface area (Å²) in [5.74, 6) is -0.612. The second-order valence-corrected chi connectivity index (χ2v) is 8.25. The number of ketones is 1. The van der Waals surface area contributed by atoms with E-state index >= 15 is 0 Å². The number of para-hydroxylation sites is 1. The van der Waals surface area contributed by atoms with Crippen LogP contribution in [0.4, 0.5) is 14.9 Å². The summed E-state index contributed by atoms with van der Waals surface area (Å²) in [7, 11) is 0.